The first-order valence-electron chi connectivity index (χ1n) is 2.95. The zero-order valence-corrected chi connectivity index (χ0v) is 8.15. The van der Waals surface area contributed by atoms with Crippen molar-refractivity contribution in [2.45, 2.75) is 12.8 Å². The van der Waals surface area contributed by atoms with Gasteiger partial charge in [0.25, 0.3) is 0 Å². The van der Waals surface area contributed by atoms with Crippen LogP contribution in [0.25, 0.3) is 0 Å². The first-order valence-corrected chi connectivity index (χ1v) is 4.62. The molecule has 1 N–H and O–H groups in total. The summed E-state index contributed by atoms with van der Waals surface area (Å²) in [6.07, 6.45) is 0. The van der Waals surface area contributed by atoms with E-state index in [9.17, 15) is 4.79 Å². The van der Waals surface area contributed by atoms with Crippen LogP contribution in [0.2, 0.25) is 0 Å². The SMILES string of the molecule is CC(C(=O)O)c1csc(Br)n1. The van der Waals surface area contributed by atoms with E-state index in [1.165, 1.54) is 11.3 Å². The van der Waals surface area contributed by atoms with E-state index >= 15 is 0 Å². The Bertz CT molecular complexity index is 273. The molecule has 0 saturated carbocycles. The lowest BCUT2D eigenvalue weighted by Crippen LogP contribution is -2.07. The topological polar surface area (TPSA) is 50.2 Å². The maximum Gasteiger partial charge on any atom is 0.312 e. The number of halogens is 1. The highest BCUT2D eigenvalue weighted by Crippen LogP contribution is 2.21. The van der Waals surface area contributed by atoms with Gasteiger partial charge < -0.3 is 5.11 Å². The van der Waals surface area contributed by atoms with E-state index in [4.69, 9.17) is 5.11 Å². The monoisotopic (exact) mass is 235 g/mol. The Morgan fingerprint density at radius 1 is 1.91 bits per heavy atom. The van der Waals surface area contributed by atoms with E-state index in [0.717, 1.165) is 3.92 Å². The molecule has 0 amide bonds. The van der Waals surface area contributed by atoms with Gasteiger partial charge in [-0.1, -0.05) is 0 Å². The van der Waals surface area contributed by atoms with Crippen molar-refractivity contribution in [3.63, 3.8) is 0 Å². The summed E-state index contributed by atoms with van der Waals surface area (Å²) >= 11 is 4.56. The van der Waals surface area contributed by atoms with Gasteiger partial charge in [-0.25, -0.2) is 4.98 Å². The molecule has 0 radical (unpaired) electrons. The Kier molecular flexibility index (Phi) is 2.62. The van der Waals surface area contributed by atoms with E-state index in [2.05, 4.69) is 20.9 Å². The third-order valence-corrected chi connectivity index (χ3v) is 2.69. The minimum absolute atomic E-state index is 0.516. The van der Waals surface area contributed by atoms with Crippen LogP contribution in [0.4, 0.5) is 0 Å². The van der Waals surface area contributed by atoms with Crippen LogP contribution >= 0.6 is 27.3 Å². The normalized spacial score (nSPS) is 12.9. The van der Waals surface area contributed by atoms with Crippen molar-refractivity contribution in [3.8, 4) is 0 Å². The van der Waals surface area contributed by atoms with Crippen LogP contribution in [-0.4, -0.2) is 16.1 Å². The third kappa shape index (κ3) is 2.00. The van der Waals surface area contributed by atoms with Crippen LogP contribution in [0.15, 0.2) is 9.30 Å². The molecule has 1 unspecified atom stereocenters. The molecule has 1 aromatic rings. The van der Waals surface area contributed by atoms with Gasteiger partial charge >= 0.3 is 5.97 Å². The molecule has 0 aliphatic carbocycles. The fraction of sp³-hybridized carbons (Fsp3) is 0.333. The Hall–Kier alpha value is -0.420. The number of aliphatic carboxylic acids is 1. The molecule has 1 rings (SSSR count). The summed E-state index contributed by atoms with van der Waals surface area (Å²) in [5.41, 5.74) is 0.606. The summed E-state index contributed by atoms with van der Waals surface area (Å²) in [5, 5.41) is 10.3. The number of carboxylic acids is 1. The number of hydrogen-bond acceptors (Lipinski definition) is 3. The Morgan fingerprint density at radius 2 is 2.55 bits per heavy atom. The van der Waals surface area contributed by atoms with Gasteiger partial charge in [-0.2, -0.15) is 0 Å². The fourth-order valence-corrected chi connectivity index (χ4v) is 1.71. The second kappa shape index (κ2) is 3.32. The van der Waals surface area contributed by atoms with Crippen molar-refractivity contribution >= 4 is 33.2 Å². The molecule has 1 atom stereocenters. The van der Waals surface area contributed by atoms with Crippen LogP contribution in [0, 0.1) is 0 Å². The second-order valence-corrected chi connectivity index (χ2v) is 4.22. The van der Waals surface area contributed by atoms with E-state index in [-0.39, 0.29) is 0 Å². The van der Waals surface area contributed by atoms with Gasteiger partial charge in [0.1, 0.15) is 0 Å². The van der Waals surface area contributed by atoms with Crippen molar-refractivity contribution in [2.75, 3.05) is 0 Å². The van der Waals surface area contributed by atoms with Gasteiger partial charge in [-0.15, -0.1) is 11.3 Å². The zero-order chi connectivity index (χ0) is 8.43. The van der Waals surface area contributed by atoms with Crippen LogP contribution in [0.5, 0.6) is 0 Å². The number of thiazole rings is 1. The molecule has 0 spiro atoms. The van der Waals surface area contributed by atoms with Gasteiger partial charge in [-0.05, 0) is 22.9 Å². The molecule has 1 heterocycles. The molecule has 5 heteroatoms. The standard InChI is InChI=1S/C6H6BrNO2S/c1-3(5(9)10)4-2-11-6(7)8-4/h2-3H,1H3,(H,9,10). The lowest BCUT2D eigenvalue weighted by atomic mass is 10.1. The summed E-state index contributed by atoms with van der Waals surface area (Å²) in [5.74, 6) is -1.36. The van der Waals surface area contributed by atoms with Gasteiger partial charge in [0.15, 0.2) is 3.92 Å². The molecular weight excluding hydrogens is 230 g/mol. The molecular formula is C6H6BrNO2S. The molecule has 0 bridgehead atoms. The molecule has 0 aromatic carbocycles. The number of carboxylic acid groups (broad SMARTS) is 1. The van der Waals surface area contributed by atoms with Crippen LogP contribution < -0.4 is 0 Å². The number of aromatic nitrogens is 1. The van der Waals surface area contributed by atoms with Gasteiger partial charge in [0.05, 0.1) is 11.6 Å². The Morgan fingerprint density at radius 3 is 2.91 bits per heavy atom. The zero-order valence-electron chi connectivity index (χ0n) is 5.74. The average molecular weight is 236 g/mol. The average Bonchev–Trinajstić information content (AvgIpc) is 2.34. The summed E-state index contributed by atoms with van der Waals surface area (Å²) < 4.78 is 0.723. The Balaban J connectivity index is 2.84. The maximum atomic E-state index is 10.5. The highest BCUT2D eigenvalue weighted by molar-refractivity contribution is 9.11. The van der Waals surface area contributed by atoms with Gasteiger partial charge in [0, 0.05) is 5.38 Å². The number of hydrogen-bond donors (Lipinski definition) is 1. The highest BCUT2D eigenvalue weighted by atomic mass is 79.9. The molecule has 0 aliphatic heterocycles. The van der Waals surface area contributed by atoms with E-state index < -0.39 is 11.9 Å². The summed E-state index contributed by atoms with van der Waals surface area (Å²) in [7, 11) is 0. The summed E-state index contributed by atoms with van der Waals surface area (Å²) in [6, 6.07) is 0. The predicted molar refractivity (Wildman–Crippen MR) is 45.9 cm³/mol. The molecule has 0 saturated heterocycles. The third-order valence-electron chi connectivity index (χ3n) is 1.31. The number of nitrogens with zero attached hydrogens (tertiary/aromatic N) is 1. The predicted octanol–water partition coefficient (Wildman–Crippen LogP) is 2.09. The first-order chi connectivity index (χ1) is 5.11. The van der Waals surface area contributed by atoms with Crippen molar-refractivity contribution in [1.29, 1.82) is 0 Å². The molecule has 11 heavy (non-hydrogen) atoms. The van der Waals surface area contributed by atoms with Crippen molar-refractivity contribution in [1.82, 2.24) is 4.98 Å². The second-order valence-electron chi connectivity index (χ2n) is 2.09. The molecule has 3 nitrogen and oxygen atoms in total. The van der Waals surface area contributed by atoms with E-state index in [1.54, 1.807) is 12.3 Å². The lowest BCUT2D eigenvalue weighted by molar-refractivity contribution is -0.138. The molecule has 1 aromatic heterocycles. The van der Waals surface area contributed by atoms with Crippen LogP contribution in [0.3, 0.4) is 0 Å². The molecule has 0 aliphatic rings. The Labute approximate surface area is 76.2 Å². The van der Waals surface area contributed by atoms with Gasteiger partial charge in [-0.3, -0.25) is 4.79 Å². The first kappa shape index (κ1) is 8.67. The fourth-order valence-electron chi connectivity index (χ4n) is 0.589. The molecule has 0 fully saturated rings. The van der Waals surface area contributed by atoms with E-state index in [0.29, 0.717) is 5.69 Å². The minimum atomic E-state index is -0.845. The minimum Gasteiger partial charge on any atom is -0.481 e. The lowest BCUT2D eigenvalue weighted by Gasteiger charge is -1.98. The van der Waals surface area contributed by atoms with Gasteiger partial charge in [0.2, 0.25) is 0 Å². The quantitative estimate of drug-likeness (QED) is 0.855. The summed E-state index contributed by atoms with van der Waals surface area (Å²) in [4.78, 5) is 14.4. The number of rotatable bonds is 2. The highest BCUT2D eigenvalue weighted by Gasteiger charge is 2.15. The smallest absolute Gasteiger partial charge is 0.312 e. The van der Waals surface area contributed by atoms with Crippen molar-refractivity contribution in [3.05, 3.63) is 15.0 Å². The van der Waals surface area contributed by atoms with Crippen molar-refractivity contribution < 1.29 is 9.90 Å². The summed E-state index contributed by atoms with van der Waals surface area (Å²) in [6.45, 7) is 1.61. The molecule has 60 valence electrons. The van der Waals surface area contributed by atoms with E-state index in [1.807, 2.05) is 0 Å². The maximum absolute atomic E-state index is 10.5. The largest absolute Gasteiger partial charge is 0.481 e. The van der Waals surface area contributed by atoms with Crippen LogP contribution in [0.1, 0.15) is 18.5 Å². The number of carbonyl (C=O) groups is 1. The van der Waals surface area contributed by atoms with Crippen LogP contribution in [-0.2, 0) is 4.79 Å². The van der Waals surface area contributed by atoms with Crippen molar-refractivity contribution in [2.24, 2.45) is 0 Å².